The fourth-order valence-electron chi connectivity index (χ4n) is 1.71. The first-order valence-corrected chi connectivity index (χ1v) is 7.29. The number of halogens is 1. The van der Waals surface area contributed by atoms with Crippen LogP contribution in [0.1, 0.15) is 38.2 Å². The Morgan fingerprint density at radius 1 is 1.29 bits per heavy atom. The van der Waals surface area contributed by atoms with Crippen LogP contribution in [0.4, 0.5) is 4.39 Å². The Morgan fingerprint density at radius 3 is 2.71 bits per heavy atom. The Labute approximate surface area is 125 Å². The Hall–Kier alpha value is -1.77. The lowest BCUT2D eigenvalue weighted by Crippen LogP contribution is -2.00. The van der Waals surface area contributed by atoms with Gasteiger partial charge in [-0.05, 0) is 37.5 Å². The first kappa shape index (κ1) is 17.3. The van der Waals surface area contributed by atoms with Gasteiger partial charge in [0.1, 0.15) is 0 Å². The van der Waals surface area contributed by atoms with Gasteiger partial charge in [-0.1, -0.05) is 25.7 Å². The molecule has 0 fully saturated rings. The molecule has 0 aliphatic carbocycles. The highest BCUT2D eigenvalue weighted by Gasteiger charge is 2.08. The van der Waals surface area contributed by atoms with E-state index in [9.17, 15) is 4.39 Å². The van der Waals surface area contributed by atoms with Crippen molar-refractivity contribution in [1.82, 2.24) is 0 Å². The number of hydrogen-bond acceptors (Lipinski definition) is 3. The molecule has 0 atom stereocenters. The summed E-state index contributed by atoms with van der Waals surface area (Å²) in [4.78, 5) is 0. The van der Waals surface area contributed by atoms with E-state index in [2.05, 4.69) is 19.2 Å². The van der Waals surface area contributed by atoms with Crippen LogP contribution in [0.25, 0.3) is 5.76 Å². The third-order valence-corrected chi connectivity index (χ3v) is 2.91. The fourth-order valence-corrected chi connectivity index (χ4v) is 1.71. The summed E-state index contributed by atoms with van der Waals surface area (Å²) in [5, 5.41) is 8.71. The normalized spacial score (nSPS) is 10.0. The summed E-state index contributed by atoms with van der Waals surface area (Å²) in [6, 6.07) is 4.68. The van der Waals surface area contributed by atoms with E-state index in [1.54, 1.807) is 12.1 Å². The van der Waals surface area contributed by atoms with E-state index in [1.165, 1.54) is 6.07 Å². The second-order valence-corrected chi connectivity index (χ2v) is 4.63. The molecule has 0 amide bonds. The van der Waals surface area contributed by atoms with Crippen molar-refractivity contribution >= 4 is 5.76 Å². The lowest BCUT2D eigenvalue weighted by atomic mass is 10.1. The monoisotopic (exact) mass is 294 g/mol. The number of hydrogen-bond donors (Lipinski definition) is 1. The summed E-state index contributed by atoms with van der Waals surface area (Å²) in [5.74, 6) is 0.234. The number of aliphatic hydroxyl groups excluding tert-OH is 1. The highest BCUT2D eigenvalue weighted by atomic mass is 19.1. The Morgan fingerprint density at radius 2 is 2.10 bits per heavy atom. The van der Waals surface area contributed by atoms with E-state index in [0.717, 1.165) is 19.3 Å². The molecule has 4 heteroatoms. The van der Waals surface area contributed by atoms with Gasteiger partial charge >= 0.3 is 0 Å². The number of rotatable bonds is 10. The molecule has 0 heterocycles. The molecule has 0 unspecified atom stereocenters. The summed E-state index contributed by atoms with van der Waals surface area (Å²) in [6.07, 6.45) is 3.29. The number of benzene rings is 1. The molecule has 116 valence electrons. The molecule has 0 aliphatic rings. The highest BCUT2D eigenvalue weighted by molar-refractivity contribution is 5.59. The fraction of sp³-hybridized carbons (Fsp3) is 0.471. The zero-order valence-electron chi connectivity index (χ0n) is 12.5. The van der Waals surface area contributed by atoms with Crippen molar-refractivity contribution in [2.75, 3.05) is 19.8 Å². The van der Waals surface area contributed by atoms with E-state index in [0.29, 0.717) is 31.0 Å². The second-order valence-electron chi connectivity index (χ2n) is 4.63. The van der Waals surface area contributed by atoms with E-state index < -0.39 is 5.82 Å². The largest absolute Gasteiger partial charge is 0.491 e. The van der Waals surface area contributed by atoms with Gasteiger partial charge in [0.15, 0.2) is 17.3 Å². The molecular weight excluding hydrogens is 271 g/mol. The Balaban J connectivity index is 2.65. The summed E-state index contributed by atoms with van der Waals surface area (Å²) >= 11 is 0. The first-order chi connectivity index (χ1) is 10.2. The lowest BCUT2D eigenvalue weighted by Gasteiger charge is -2.11. The molecule has 0 radical (unpaired) electrons. The standard InChI is InChI=1S/C17H23FO3/c1-3-5-11-21-17-9-8-14(13-15(17)18)16(4-2)20-12-7-6-10-19/h8-9,13,19H,2-3,5-7,10-12H2,1H3. The molecule has 1 aromatic rings. The van der Waals surface area contributed by atoms with Crippen LogP contribution in [0.3, 0.4) is 0 Å². The molecule has 0 spiro atoms. The van der Waals surface area contributed by atoms with Gasteiger partial charge in [-0.15, -0.1) is 0 Å². The Bertz CT molecular complexity index is 479. The topological polar surface area (TPSA) is 38.7 Å². The molecule has 1 rings (SSSR count). The van der Waals surface area contributed by atoms with Gasteiger partial charge in [-0.3, -0.25) is 0 Å². The smallest absolute Gasteiger partial charge is 0.168 e. The van der Waals surface area contributed by atoms with Gasteiger partial charge in [-0.25, -0.2) is 4.39 Å². The first-order valence-electron chi connectivity index (χ1n) is 7.29. The lowest BCUT2D eigenvalue weighted by molar-refractivity contribution is 0.235. The zero-order valence-corrected chi connectivity index (χ0v) is 12.5. The molecule has 0 aliphatic heterocycles. The van der Waals surface area contributed by atoms with Crippen LogP contribution in [0.15, 0.2) is 30.5 Å². The van der Waals surface area contributed by atoms with E-state index >= 15 is 0 Å². The predicted molar refractivity (Wildman–Crippen MR) is 81.6 cm³/mol. The van der Waals surface area contributed by atoms with E-state index in [4.69, 9.17) is 14.6 Å². The average molecular weight is 294 g/mol. The van der Waals surface area contributed by atoms with E-state index in [1.807, 2.05) is 0 Å². The summed E-state index contributed by atoms with van der Waals surface area (Å²) in [7, 11) is 0. The van der Waals surface area contributed by atoms with Gasteiger partial charge in [0, 0.05) is 12.2 Å². The molecule has 0 saturated heterocycles. The minimum absolute atomic E-state index is 0.134. The summed E-state index contributed by atoms with van der Waals surface area (Å²) < 4.78 is 24.8. The van der Waals surface area contributed by atoms with Crippen LogP contribution in [0.2, 0.25) is 0 Å². The molecule has 3 nitrogen and oxygen atoms in total. The van der Waals surface area contributed by atoms with Crippen molar-refractivity contribution in [3.05, 3.63) is 41.9 Å². The molecule has 0 bridgehead atoms. The predicted octanol–water partition coefficient (Wildman–Crippen LogP) is 3.92. The summed E-state index contributed by atoms with van der Waals surface area (Å²) in [6.45, 7) is 6.69. The van der Waals surface area contributed by atoms with Crippen molar-refractivity contribution in [2.24, 2.45) is 0 Å². The third kappa shape index (κ3) is 6.03. The van der Waals surface area contributed by atoms with Crippen LogP contribution in [-0.2, 0) is 4.74 Å². The van der Waals surface area contributed by atoms with Crippen molar-refractivity contribution in [3.8, 4) is 5.75 Å². The maximum absolute atomic E-state index is 13.9. The van der Waals surface area contributed by atoms with Crippen LogP contribution in [-0.4, -0.2) is 24.9 Å². The van der Waals surface area contributed by atoms with Crippen molar-refractivity contribution < 1.29 is 19.0 Å². The molecule has 0 aromatic heterocycles. The van der Waals surface area contributed by atoms with Gasteiger partial charge in [0.2, 0.25) is 0 Å². The maximum Gasteiger partial charge on any atom is 0.168 e. The number of unbranched alkanes of at least 4 members (excludes halogenated alkanes) is 2. The second kappa shape index (κ2) is 10.0. The van der Waals surface area contributed by atoms with Crippen molar-refractivity contribution in [2.45, 2.75) is 32.6 Å². The van der Waals surface area contributed by atoms with Gasteiger partial charge in [0.25, 0.3) is 0 Å². The number of ether oxygens (including phenoxy) is 2. The van der Waals surface area contributed by atoms with Crippen LogP contribution in [0.5, 0.6) is 5.75 Å². The third-order valence-electron chi connectivity index (χ3n) is 2.91. The minimum Gasteiger partial charge on any atom is -0.491 e. The summed E-state index contributed by atoms with van der Waals surface area (Å²) in [5.41, 5.74) is 3.25. The van der Waals surface area contributed by atoms with Gasteiger partial charge < -0.3 is 14.6 Å². The Kier molecular flexibility index (Phi) is 8.25. The molecule has 1 aromatic carbocycles. The molecule has 21 heavy (non-hydrogen) atoms. The molecule has 1 N–H and O–H groups in total. The molecule has 0 saturated carbocycles. The maximum atomic E-state index is 13.9. The molecular formula is C17H23FO3. The van der Waals surface area contributed by atoms with Crippen LogP contribution < -0.4 is 4.74 Å². The zero-order chi connectivity index (χ0) is 15.5. The van der Waals surface area contributed by atoms with Crippen molar-refractivity contribution in [1.29, 1.82) is 0 Å². The quantitative estimate of drug-likeness (QED) is 0.404. The van der Waals surface area contributed by atoms with Crippen LogP contribution in [0, 0.1) is 5.82 Å². The average Bonchev–Trinajstić information content (AvgIpc) is 2.49. The van der Waals surface area contributed by atoms with Gasteiger partial charge in [0.05, 0.1) is 13.2 Å². The number of aliphatic hydroxyl groups is 1. The van der Waals surface area contributed by atoms with Crippen LogP contribution >= 0.6 is 0 Å². The highest BCUT2D eigenvalue weighted by Crippen LogP contribution is 2.23. The van der Waals surface area contributed by atoms with Crippen molar-refractivity contribution in [3.63, 3.8) is 0 Å². The SMILES string of the molecule is C=C=C(OCCCCO)c1ccc(OCCCC)c(F)c1. The van der Waals surface area contributed by atoms with E-state index in [-0.39, 0.29) is 12.4 Å². The van der Waals surface area contributed by atoms with Gasteiger partial charge in [-0.2, -0.15) is 0 Å². The minimum atomic E-state index is -0.421.